The average molecular weight is 394 g/mol. The van der Waals surface area contributed by atoms with Gasteiger partial charge in [0, 0.05) is 21.0 Å². The van der Waals surface area contributed by atoms with Crippen molar-refractivity contribution in [2.45, 2.75) is 12.3 Å². The Kier molecular flexibility index (Phi) is 6.34. The van der Waals surface area contributed by atoms with Crippen LogP contribution in [0.1, 0.15) is 17.0 Å². The van der Waals surface area contributed by atoms with Crippen LogP contribution in [0.4, 0.5) is 0 Å². The Morgan fingerprint density at radius 3 is 2.09 bits per heavy atom. The van der Waals surface area contributed by atoms with Crippen LogP contribution in [-0.2, 0) is 20.7 Å². The van der Waals surface area contributed by atoms with Crippen LogP contribution in [0.2, 0.25) is 15.1 Å². The third-order valence-electron chi connectivity index (χ3n) is 3.29. The van der Waals surface area contributed by atoms with Gasteiger partial charge in [-0.2, -0.15) is 8.42 Å². The van der Waals surface area contributed by atoms with Gasteiger partial charge < -0.3 is 0 Å². The van der Waals surface area contributed by atoms with Crippen LogP contribution < -0.4 is 0 Å². The molecule has 23 heavy (non-hydrogen) atoms. The molecule has 3 nitrogen and oxygen atoms in total. The highest BCUT2D eigenvalue weighted by atomic mass is 35.5. The van der Waals surface area contributed by atoms with Crippen LogP contribution in [0.3, 0.4) is 0 Å². The van der Waals surface area contributed by atoms with Crippen molar-refractivity contribution in [2.75, 3.05) is 12.9 Å². The number of rotatable bonds is 6. The number of hydrogen-bond donors (Lipinski definition) is 0. The predicted octanol–water partition coefficient (Wildman–Crippen LogP) is 4.95. The summed E-state index contributed by atoms with van der Waals surface area (Å²) in [7, 11) is -3.56. The first-order valence-electron chi connectivity index (χ1n) is 6.79. The highest BCUT2D eigenvalue weighted by molar-refractivity contribution is 7.85. The maximum Gasteiger partial charge on any atom is 0.264 e. The minimum absolute atomic E-state index is 0.0368. The molecule has 0 heterocycles. The van der Waals surface area contributed by atoms with Crippen LogP contribution in [0, 0.1) is 0 Å². The second kappa shape index (κ2) is 7.86. The second-order valence-electron chi connectivity index (χ2n) is 5.15. The van der Waals surface area contributed by atoms with Gasteiger partial charge in [0.15, 0.2) is 0 Å². The molecule has 0 bridgehead atoms. The summed E-state index contributed by atoms with van der Waals surface area (Å²) in [5, 5.41) is 1.59. The molecule has 0 N–H and O–H groups in total. The maximum atomic E-state index is 11.3. The van der Waals surface area contributed by atoms with Gasteiger partial charge in [-0.15, -0.1) is 0 Å². The molecule has 2 rings (SSSR count). The van der Waals surface area contributed by atoms with Gasteiger partial charge in [-0.05, 0) is 41.8 Å². The normalized spacial score (nSPS) is 13.0. The van der Waals surface area contributed by atoms with E-state index in [0.717, 1.165) is 11.8 Å². The lowest BCUT2D eigenvalue weighted by atomic mass is 9.92. The van der Waals surface area contributed by atoms with Crippen LogP contribution >= 0.6 is 34.8 Å². The molecule has 0 fully saturated rings. The van der Waals surface area contributed by atoms with Gasteiger partial charge in [0.1, 0.15) is 0 Å². The van der Waals surface area contributed by atoms with Gasteiger partial charge in [-0.1, -0.05) is 53.0 Å². The van der Waals surface area contributed by atoms with E-state index in [4.69, 9.17) is 39.0 Å². The Hall–Kier alpha value is -0.780. The topological polar surface area (TPSA) is 43.4 Å². The van der Waals surface area contributed by atoms with E-state index in [-0.39, 0.29) is 12.5 Å². The van der Waals surface area contributed by atoms with E-state index < -0.39 is 10.1 Å². The molecule has 2 aromatic carbocycles. The Morgan fingerprint density at radius 2 is 1.57 bits per heavy atom. The highest BCUT2D eigenvalue weighted by Crippen LogP contribution is 2.34. The summed E-state index contributed by atoms with van der Waals surface area (Å²) in [5.41, 5.74) is 1.65. The minimum Gasteiger partial charge on any atom is -0.270 e. The molecule has 0 aliphatic carbocycles. The lowest BCUT2D eigenvalue weighted by molar-refractivity contribution is 0.293. The average Bonchev–Trinajstić information content (AvgIpc) is 2.45. The van der Waals surface area contributed by atoms with Gasteiger partial charge in [-0.3, -0.25) is 4.18 Å². The van der Waals surface area contributed by atoms with Gasteiger partial charge >= 0.3 is 0 Å². The SMILES string of the molecule is CS(=O)(=O)OC[C@@H](Cc1ccc(Cl)cc1)c1c(Cl)cccc1Cl. The van der Waals surface area contributed by atoms with E-state index >= 15 is 0 Å². The Morgan fingerprint density at radius 1 is 1.00 bits per heavy atom. The van der Waals surface area contributed by atoms with Crippen LogP contribution in [-0.4, -0.2) is 21.3 Å². The Balaban J connectivity index is 2.33. The predicted molar refractivity (Wildman–Crippen MR) is 95.2 cm³/mol. The summed E-state index contributed by atoms with van der Waals surface area (Å²) in [5.74, 6) is -0.299. The summed E-state index contributed by atoms with van der Waals surface area (Å²) in [4.78, 5) is 0. The van der Waals surface area contributed by atoms with Crippen molar-refractivity contribution < 1.29 is 12.6 Å². The third-order valence-corrected chi connectivity index (χ3v) is 4.76. The zero-order chi connectivity index (χ0) is 17.0. The first kappa shape index (κ1) is 18.6. The minimum atomic E-state index is -3.56. The Bertz CT molecular complexity index is 753. The molecular formula is C16H15Cl3O3S. The summed E-state index contributed by atoms with van der Waals surface area (Å²) in [6.07, 6.45) is 1.54. The quantitative estimate of drug-likeness (QED) is 0.652. The first-order valence-corrected chi connectivity index (χ1v) is 9.74. The Labute approximate surface area is 151 Å². The molecule has 0 radical (unpaired) electrons. The highest BCUT2D eigenvalue weighted by Gasteiger charge is 2.21. The van der Waals surface area contributed by atoms with E-state index in [2.05, 4.69) is 0 Å². The lowest BCUT2D eigenvalue weighted by Gasteiger charge is -2.19. The standard InChI is InChI=1S/C16H15Cl3O3S/c1-23(20,21)22-10-12(9-11-5-7-13(17)8-6-11)16-14(18)3-2-4-15(16)19/h2-8,12H,9-10H2,1H3/t12-/m1/s1. The molecule has 0 unspecified atom stereocenters. The van der Waals surface area contributed by atoms with E-state index in [1.54, 1.807) is 30.3 Å². The zero-order valence-electron chi connectivity index (χ0n) is 12.3. The van der Waals surface area contributed by atoms with Crippen LogP contribution in [0.25, 0.3) is 0 Å². The third kappa shape index (κ3) is 5.66. The number of hydrogen-bond acceptors (Lipinski definition) is 3. The molecule has 2 aromatic rings. The molecule has 124 valence electrons. The van der Waals surface area contributed by atoms with E-state index in [1.807, 2.05) is 12.1 Å². The van der Waals surface area contributed by atoms with Crippen molar-refractivity contribution in [2.24, 2.45) is 0 Å². The van der Waals surface area contributed by atoms with Crippen molar-refractivity contribution >= 4 is 44.9 Å². The monoisotopic (exact) mass is 392 g/mol. The van der Waals surface area contributed by atoms with Crippen molar-refractivity contribution in [1.29, 1.82) is 0 Å². The van der Waals surface area contributed by atoms with E-state index in [1.165, 1.54) is 0 Å². The molecule has 0 aromatic heterocycles. The van der Waals surface area contributed by atoms with Crippen LogP contribution in [0.15, 0.2) is 42.5 Å². The fourth-order valence-corrected chi connectivity index (χ4v) is 3.50. The van der Waals surface area contributed by atoms with Crippen molar-refractivity contribution in [3.05, 3.63) is 68.7 Å². The van der Waals surface area contributed by atoms with Gasteiger partial charge in [0.25, 0.3) is 10.1 Å². The van der Waals surface area contributed by atoms with Crippen molar-refractivity contribution in [3.8, 4) is 0 Å². The molecule has 0 saturated heterocycles. The molecular weight excluding hydrogens is 379 g/mol. The molecule has 0 amide bonds. The molecule has 0 saturated carbocycles. The summed E-state index contributed by atoms with van der Waals surface area (Å²) >= 11 is 18.4. The number of benzene rings is 2. The maximum absolute atomic E-state index is 11.3. The van der Waals surface area contributed by atoms with Gasteiger partial charge in [0.05, 0.1) is 12.9 Å². The second-order valence-corrected chi connectivity index (χ2v) is 8.05. The molecule has 0 aliphatic heterocycles. The van der Waals surface area contributed by atoms with Gasteiger partial charge in [-0.25, -0.2) is 0 Å². The summed E-state index contributed by atoms with van der Waals surface area (Å²) in [6, 6.07) is 12.5. The zero-order valence-corrected chi connectivity index (χ0v) is 15.4. The van der Waals surface area contributed by atoms with E-state index in [0.29, 0.717) is 27.1 Å². The van der Waals surface area contributed by atoms with Gasteiger partial charge in [0.2, 0.25) is 0 Å². The fraction of sp³-hybridized carbons (Fsp3) is 0.250. The van der Waals surface area contributed by atoms with E-state index in [9.17, 15) is 8.42 Å². The fourth-order valence-electron chi connectivity index (χ4n) is 2.26. The van der Waals surface area contributed by atoms with Crippen LogP contribution in [0.5, 0.6) is 0 Å². The number of halogens is 3. The largest absolute Gasteiger partial charge is 0.270 e. The molecule has 0 spiro atoms. The molecule has 1 atom stereocenters. The first-order chi connectivity index (χ1) is 10.8. The summed E-state index contributed by atoms with van der Waals surface area (Å²) in [6.45, 7) is -0.0368. The lowest BCUT2D eigenvalue weighted by Crippen LogP contribution is -2.15. The van der Waals surface area contributed by atoms with Crippen molar-refractivity contribution in [1.82, 2.24) is 0 Å². The molecule has 7 heteroatoms. The summed E-state index contributed by atoms with van der Waals surface area (Å²) < 4.78 is 27.6. The smallest absolute Gasteiger partial charge is 0.264 e. The van der Waals surface area contributed by atoms with Crippen molar-refractivity contribution in [3.63, 3.8) is 0 Å². The molecule has 0 aliphatic rings.